The van der Waals surface area contributed by atoms with Crippen molar-refractivity contribution in [3.8, 4) is 11.5 Å². The summed E-state index contributed by atoms with van der Waals surface area (Å²) < 4.78 is 19.4. The number of amides is 4. The normalized spacial score (nSPS) is 29.4. The number of hydrogen-bond donors (Lipinski definition) is 1. The molecule has 0 unspecified atom stereocenters. The van der Waals surface area contributed by atoms with E-state index in [0.717, 1.165) is 21.9 Å². The first-order chi connectivity index (χ1) is 22.7. The van der Waals surface area contributed by atoms with Crippen LogP contribution in [0.15, 0.2) is 76.8 Å². The molecule has 1 saturated carbocycles. The maximum absolute atomic E-state index is 14.5. The molecule has 2 aliphatic heterocycles. The van der Waals surface area contributed by atoms with E-state index < -0.39 is 67.8 Å². The molecule has 3 aromatic carbocycles. The van der Waals surface area contributed by atoms with Gasteiger partial charge in [-0.1, -0.05) is 11.6 Å². The van der Waals surface area contributed by atoms with E-state index in [9.17, 15) is 38.8 Å². The Morgan fingerprint density at radius 1 is 0.958 bits per heavy atom. The molecule has 3 aromatic rings. The Bertz CT molecular complexity index is 1990. The first-order valence-corrected chi connectivity index (χ1v) is 16.2. The lowest BCUT2D eigenvalue weighted by Gasteiger charge is -2.50. The number of phenols is 1. The number of aromatic hydroxyl groups is 1. The molecule has 246 valence electrons. The summed E-state index contributed by atoms with van der Waals surface area (Å²) in [6, 6.07) is 12.7. The van der Waals surface area contributed by atoms with E-state index in [1.165, 1.54) is 55.6 Å². The number of methoxy groups -OCH3 is 1. The number of nitro groups is 1. The highest BCUT2D eigenvalue weighted by Crippen LogP contribution is 2.66. The van der Waals surface area contributed by atoms with Gasteiger partial charge in [-0.05, 0) is 88.8 Å². The smallest absolute Gasteiger partial charge is 0.269 e. The number of anilines is 2. The molecule has 2 aliphatic carbocycles. The van der Waals surface area contributed by atoms with Crippen LogP contribution in [0.4, 0.5) is 21.5 Å². The summed E-state index contributed by atoms with van der Waals surface area (Å²) in [6.07, 6.45) is 1.53. The molecule has 4 aliphatic rings. The minimum absolute atomic E-state index is 0.0276. The van der Waals surface area contributed by atoms with E-state index in [0.29, 0.717) is 11.1 Å². The number of carbonyl (C=O) groups excluding carboxylic acids is 4. The molecular weight excluding hydrogens is 736 g/mol. The van der Waals surface area contributed by atoms with Crippen molar-refractivity contribution in [1.29, 1.82) is 0 Å². The molecular formula is C33H23BrCl2FN3O8. The zero-order valence-electron chi connectivity index (χ0n) is 24.7. The van der Waals surface area contributed by atoms with Crippen molar-refractivity contribution < 1.29 is 38.3 Å². The van der Waals surface area contributed by atoms with Crippen LogP contribution < -0.4 is 14.5 Å². The van der Waals surface area contributed by atoms with Gasteiger partial charge in [0.05, 0.1) is 39.7 Å². The fourth-order valence-electron chi connectivity index (χ4n) is 7.67. The minimum Gasteiger partial charge on any atom is -0.503 e. The molecule has 11 nitrogen and oxygen atoms in total. The lowest BCUT2D eigenvalue weighted by Crippen LogP contribution is -2.60. The largest absolute Gasteiger partial charge is 0.503 e. The third-order valence-corrected chi connectivity index (χ3v) is 11.8. The molecule has 7 rings (SSSR count). The number of nitro benzene ring substituents is 1. The Balaban J connectivity index is 1.39. The molecule has 0 aromatic heterocycles. The highest BCUT2D eigenvalue weighted by molar-refractivity contribution is 9.10. The van der Waals surface area contributed by atoms with Gasteiger partial charge in [0.2, 0.25) is 11.8 Å². The van der Waals surface area contributed by atoms with Gasteiger partial charge in [0.15, 0.2) is 21.2 Å². The lowest BCUT2D eigenvalue weighted by molar-refractivity contribution is -0.384. The van der Waals surface area contributed by atoms with Gasteiger partial charge in [-0.25, -0.2) is 9.29 Å². The number of alkyl halides is 2. The number of halogens is 4. The zero-order chi connectivity index (χ0) is 34.4. The molecule has 2 saturated heterocycles. The number of fused-ring (bicyclic) bond motifs is 4. The topological polar surface area (TPSA) is 147 Å². The van der Waals surface area contributed by atoms with Crippen molar-refractivity contribution in [3.63, 3.8) is 0 Å². The van der Waals surface area contributed by atoms with Crippen LogP contribution in [0.1, 0.15) is 24.3 Å². The number of ether oxygens (including phenoxy) is 1. The lowest BCUT2D eigenvalue weighted by atomic mass is 9.56. The molecule has 0 bridgehead atoms. The quantitative estimate of drug-likeness (QED) is 0.110. The molecule has 0 radical (unpaired) electrons. The summed E-state index contributed by atoms with van der Waals surface area (Å²) in [5.41, 5.74) is 0.791. The Labute approximate surface area is 290 Å². The monoisotopic (exact) mass is 757 g/mol. The van der Waals surface area contributed by atoms with Crippen molar-refractivity contribution in [2.45, 2.75) is 28.5 Å². The number of carbonyl (C=O) groups is 4. The van der Waals surface area contributed by atoms with Crippen molar-refractivity contribution in [2.24, 2.45) is 17.8 Å². The predicted molar refractivity (Wildman–Crippen MR) is 175 cm³/mol. The van der Waals surface area contributed by atoms with E-state index in [2.05, 4.69) is 15.9 Å². The number of imide groups is 2. The second kappa shape index (κ2) is 11.1. The van der Waals surface area contributed by atoms with Crippen molar-refractivity contribution in [3.05, 3.63) is 98.3 Å². The molecule has 6 atom stereocenters. The molecule has 48 heavy (non-hydrogen) atoms. The first kappa shape index (κ1) is 32.2. The van der Waals surface area contributed by atoms with Crippen LogP contribution in [-0.4, -0.2) is 50.5 Å². The number of benzene rings is 3. The highest BCUT2D eigenvalue weighted by Gasteiger charge is 2.76. The summed E-state index contributed by atoms with van der Waals surface area (Å²) in [5.74, 6) is -7.56. The van der Waals surface area contributed by atoms with E-state index in [4.69, 9.17) is 27.9 Å². The zero-order valence-corrected chi connectivity index (χ0v) is 27.8. The summed E-state index contributed by atoms with van der Waals surface area (Å²) in [5, 5.41) is 21.8. The van der Waals surface area contributed by atoms with Gasteiger partial charge in [0.25, 0.3) is 17.5 Å². The SMILES string of the molecule is COc1cc([C@H]2C3=CC[C@@H]4C(=O)N(c5ccc([N+](=O)[O-])cc5)C(=O)[C@@H]4[C@@H]3C[C@@]3(Cl)C(=O)N(c4ccc(F)cc4)C(=O)[C@@]23Cl)cc(Br)c1O. The van der Waals surface area contributed by atoms with Crippen molar-refractivity contribution in [1.82, 2.24) is 0 Å². The number of hydrogen-bond acceptors (Lipinski definition) is 8. The van der Waals surface area contributed by atoms with Crippen LogP contribution in [0.2, 0.25) is 0 Å². The Morgan fingerprint density at radius 2 is 1.58 bits per heavy atom. The number of allylic oxidation sites excluding steroid dienone is 2. The van der Waals surface area contributed by atoms with Gasteiger partial charge in [-0.15, -0.1) is 23.2 Å². The molecule has 15 heteroatoms. The number of rotatable bonds is 5. The Morgan fingerprint density at radius 3 is 2.21 bits per heavy atom. The van der Waals surface area contributed by atoms with E-state index in [-0.39, 0.29) is 45.9 Å². The van der Waals surface area contributed by atoms with Gasteiger partial charge in [-0.3, -0.25) is 34.2 Å². The predicted octanol–water partition coefficient (Wildman–Crippen LogP) is 5.98. The Hall–Kier alpha value is -4.33. The molecule has 4 amide bonds. The van der Waals surface area contributed by atoms with Gasteiger partial charge < -0.3 is 9.84 Å². The van der Waals surface area contributed by atoms with Crippen molar-refractivity contribution in [2.75, 3.05) is 16.9 Å². The average Bonchev–Trinajstić information content (AvgIpc) is 3.40. The van der Waals surface area contributed by atoms with E-state index in [1.54, 1.807) is 6.08 Å². The fourth-order valence-corrected chi connectivity index (χ4v) is 9.06. The molecule has 1 N–H and O–H groups in total. The van der Waals surface area contributed by atoms with Gasteiger partial charge >= 0.3 is 0 Å². The first-order valence-electron chi connectivity index (χ1n) is 14.7. The summed E-state index contributed by atoms with van der Waals surface area (Å²) >= 11 is 18.0. The van der Waals surface area contributed by atoms with Crippen LogP contribution in [-0.2, 0) is 19.2 Å². The second-order valence-corrected chi connectivity index (χ2v) is 14.2. The van der Waals surface area contributed by atoms with Gasteiger partial charge in [0, 0.05) is 18.1 Å². The summed E-state index contributed by atoms with van der Waals surface area (Å²) in [4.78, 5) is 64.9. The van der Waals surface area contributed by atoms with Crippen LogP contribution in [0.3, 0.4) is 0 Å². The van der Waals surface area contributed by atoms with Crippen LogP contribution in [0, 0.1) is 33.7 Å². The van der Waals surface area contributed by atoms with Crippen LogP contribution >= 0.6 is 39.1 Å². The fraction of sp³-hybridized carbons (Fsp3) is 0.273. The summed E-state index contributed by atoms with van der Waals surface area (Å²) in [7, 11) is 1.33. The second-order valence-electron chi connectivity index (χ2n) is 12.1. The molecule has 0 spiro atoms. The standard InChI is InChI=1S/C33H23BrCl2FN3O8/c1-48-24-13-15(12-23(34)27(24)41)26-20-10-11-21-25(29(43)38(28(21)42)17-6-8-19(9-7-17)40(46)47)22(20)14-32(35)30(44)39(31(45)33(26,32)36)18-4-2-16(37)3-5-18/h2-10,12-13,21-22,25-26,41H,11,14H2,1H3/t21-,22+,25-,26-,32+,33-/m0/s1. The maximum Gasteiger partial charge on any atom is 0.269 e. The minimum atomic E-state index is -2.18. The maximum atomic E-state index is 14.5. The average molecular weight is 759 g/mol. The van der Waals surface area contributed by atoms with Crippen molar-refractivity contribution >= 4 is 79.8 Å². The van der Waals surface area contributed by atoms with Gasteiger partial charge in [0.1, 0.15) is 5.82 Å². The number of non-ortho nitro benzene ring substituents is 1. The Kier molecular flexibility index (Phi) is 7.46. The third-order valence-electron chi connectivity index (χ3n) is 9.82. The third kappa shape index (κ3) is 4.30. The van der Waals surface area contributed by atoms with E-state index >= 15 is 0 Å². The highest BCUT2D eigenvalue weighted by atomic mass is 79.9. The number of nitrogens with zero attached hydrogens (tertiary/aromatic N) is 3. The van der Waals surface area contributed by atoms with Crippen LogP contribution in [0.5, 0.6) is 11.5 Å². The number of phenolic OH excluding ortho intramolecular Hbond substituents is 1. The molecule has 3 fully saturated rings. The summed E-state index contributed by atoms with van der Waals surface area (Å²) in [6.45, 7) is 0. The van der Waals surface area contributed by atoms with E-state index in [1.807, 2.05) is 0 Å². The van der Waals surface area contributed by atoms with Crippen LogP contribution in [0.25, 0.3) is 0 Å². The molecule has 2 heterocycles. The van der Waals surface area contributed by atoms with Gasteiger partial charge in [-0.2, -0.15) is 0 Å².